The van der Waals surface area contributed by atoms with E-state index in [1.165, 1.54) is 17.4 Å². The predicted molar refractivity (Wildman–Crippen MR) is 79.1 cm³/mol. The van der Waals surface area contributed by atoms with E-state index in [1.807, 2.05) is 36.4 Å². The lowest BCUT2D eigenvalue weighted by Gasteiger charge is -2.05. The lowest BCUT2D eigenvalue weighted by atomic mass is 10.2. The quantitative estimate of drug-likeness (QED) is 0.697. The van der Waals surface area contributed by atoms with E-state index in [0.717, 1.165) is 21.8 Å². The van der Waals surface area contributed by atoms with Gasteiger partial charge in [-0.2, -0.15) is 0 Å². The lowest BCUT2D eigenvalue weighted by molar-refractivity contribution is 0.309. The molecule has 4 heteroatoms. The molecule has 3 aromatic rings. The first-order chi connectivity index (χ1) is 9.76. The molecule has 1 heterocycles. The fourth-order valence-corrected chi connectivity index (χ4v) is 2.95. The number of methoxy groups -OCH3 is 1. The Kier molecular flexibility index (Phi) is 3.56. The Morgan fingerprint density at radius 3 is 2.50 bits per heavy atom. The average Bonchev–Trinajstić information content (AvgIpc) is 2.90. The summed E-state index contributed by atoms with van der Waals surface area (Å²) in [5.41, 5.74) is 0. The molecule has 0 N–H and O–H groups in total. The highest BCUT2D eigenvalue weighted by Crippen LogP contribution is 2.29. The third-order valence-corrected chi connectivity index (χ3v) is 4.12. The van der Waals surface area contributed by atoms with Gasteiger partial charge in [0.15, 0.2) is 0 Å². The van der Waals surface area contributed by atoms with Gasteiger partial charge in [0.2, 0.25) is 0 Å². The summed E-state index contributed by atoms with van der Waals surface area (Å²) in [4.78, 5) is 1.00. The van der Waals surface area contributed by atoms with E-state index < -0.39 is 0 Å². The van der Waals surface area contributed by atoms with Crippen LogP contribution in [0.5, 0.6) is 11.5 Å². The Balaban J connectivity index is 1.74. The Morgan fingerprint density at radius 2 is 1.80 bits per heavy atom. The highest BCUT2D eigenvalue weighted by atomic mass is 32.1. The summed E-state index contributed by atoms with van der Waals surface area (Å²) in [5, 5.41) is 0.920. The van der Waals surface area contributed by atoms with E-state index in [1.54, 1.807) is 13.2 Å². The minimum atomic E-state index is -0.178. The van der Waals surface area contributed by atoms with Crippen LogP contribution in [0.15, 0.2) is 48.5 Å². The summed E-state index contributed by atoms with van der Waals surface area (Å²) in [5.74, 6) is 1.38. The van der Waals surface area contributed by atoms with Gasteiger partial charge in [0.25, 0.3) is 0 Å². The third kappa shape index (κ3) is 2.60. The standard InChI is InChI=1S/C16H13FO2S/c1-18-12-5-7-13(8-6-12)19-10-14-9-11-3-2-4-15(17)16(11)20-14/h2-9H,10H2,1H3. The molecule has 102 valence electrons. The molecule has 0 aliphatic heterocycles. The van der Waals surface area contributed by atoms with Crippen molar-refractivity contribution in [3.05, 3.63) is 59.2 Å². The van der Waals surface area contributed by atoms with E-state index in [9.17, 15) is 4.39 Å². The molecule has 1 aromatic heterocycles. The predicted octanol–water partition coefficient (Wildman–Crippen LogP) is 4.63. The number of ether oxygens (including phenoxy) is 2. The van der Waals surface area contributed by atoms with Crippen LogP contribution in [-0.2, 0) is 6.61 Å². The van der Waals surface area contributed by atoms with Crippen LogP contribution in [0.4, 0.5) is 4.39 Å². The molecule has 3 rings (SSSR count). The minimum Gasteiger partial charge on any atom is -0.497 e. The summed E-state index contributed by atoms with van der Waals surface area (Å²) >= 11 is 1.43. The molecule has 0 saturated carbocycles. The van der Waals surface area contributed by atoms with E-state index >= 15 is 0 Å². The molecule has 0 atom stereocenters. The lowest BCUT2D eigenvalue weighted by Crippen LogP contribution is -1.92. The molecule has 0 saturated heterocycles. The Morgan fingerprint density at radius 1 is 1.05 bits per heavy atom. The smallest absolute Gasteiger partial charge is 0.140 e. The van der Waals surface area contributed by atoms with Crippen molar-refractivity contribution < 1.29 is 13.9 Å². The first-order valence-electron chi connectivity index (χ1n) is 6.20. The number of rotatable bonds is 4. The Labute approximate surface area is 120 Å². The van der Waals surface area contributed by atoms with Crippen LogP contribution < -0.4 is 9.47 Å². The molecule has 2 nitrogen and oxygen atoms in total. The topological polar surface area (TPSA) is 18.5 Å². The minimum absolute atomic E-state index is 0.178. The van der Waals surface area contributed by atoms with Gasteiger partial charge in [-0.1, -0.05) is 12.1 Å². The zero-order valence-electron chi connectivity index (χ0n) is 10.9. The molecular weight excluding hydrogens is 275 g/mol. The van der Waals surface area contributed by atoms with Crippen LogP contribution in [0.25, 0.3) is 10.1 Å². The molecule has 0 spiro atoms. The van der Waals surface area contributed by atoms with Crippen molar-refractivity contribution in [2.45, 2.75) is 6.61 Å². The maximum Gasteiger partial charge on any atom is 0.140 e. The molecule has 20 heavy (non-hydrogen) atoms. The largest absolute Gasteiger partial charge is 0.497 e. The monoisotopic (exact) mass is 288 g/mol. The summed E-state index contributed by atoms with van der Waals surface area (Å²) in [6.07, 6.45) is 0. The summed E-state index contributed by atoms with van der Waals surface area (Å²) in [6, 6.07) is 14.5. The first-order valence-corrected chi connectivity index (χ1v) is 7.02. The maximum absolute atomic E-state index is 13.6. The molecule has 0 bridgehead atoms. The van der Waals surface area contributed by atoms with E-state index in [0.29, 0.717) is 11.3 Å². The van der Waals surface area contributed by atoms with Crippen LogP contribution >= 0.6 is 11.3 Å². The van der Waals surface area contributed by atoms with Gasteiger partial charge in [-0.3, -0.25) is 0 Å². The van der Waals surface area contributed by atoms with Crippen LogP contribution in [0, 0.1) is 5.82 Å². The third-order valence-electron chi connectivity index (χ3n) is 2.99. The SMILES string of the molecule is COc1ccc(OCc2cc3cccc(F)c3s2)cc1. The van der Waals surface area contributed by atoms with Crippen LogP contribution in [0.3, 0.4) is 0 Å². The highest BCUT2D eigenvalue weighted by Gasteiger charge is 2.06. The number of hydrogen-bond donors (Lipinski definition) is 0. The van der Waals surface area contributed by atoms with Crippen molar-refractivity contribution in [2.75, 3.05) is 7.11 Å². The summed E-state index contributed by atoms with van der Waals surface area (Å²) in [6.45, 7) is 0.436. The summed E-state index contributed by atoms with van der Waals surface area (Å²) in [7, 11) is 1.63. The number of thiophene rings is 1. The second-order valence-electron chi connectivity index (χ2n) is 4.34. The van der Waals surface area contributed by atoms with E-state index in [-0.39, 0.29) is 5.82 Å². The maximum atomic E-state index is 13.6. The number of benzene rings is 2. The van der Waals surface area contributed by atoms with E-state index in [4.69, 9.17) is 9.47 Å². The highest BCUT2D eigenvalue weighted by molar-refractivity contribution is 7.19. The Bertz CT molecular complexity index is 719. The van der Waals surface area contributed by atoms with Gasteiger partial charge in [-0.15, -0.1) is 11.3 Å². The zero-order chi connectivity index (χ0) is 13.9. The van der Waals surface area contributed by atoms with Gasteiger partial charge >= 0.3 is 0 Å². The molecule has 0 fully saturated rings. The van der Waals surface area contributed by atoms with Crippen molar-refractivity contribution in [3.8, 4) is 11.5 Å². The number of hydrogen-bond acceptors (Lipinski definition) is 3. The molecule has 0 amide bonds. The Hall–Kier alpha value is -2.07. The van der Waals surface area contributed by atoms with Crippen LogP contribution in [0.1, 0.15) is 4.88 Å². The van der Waals surface area contributed by atoms with E-state index in [2.05, 4.69) is 0 Å². The fraction of sp³-hybridized carbons (Fsp3) is 0.125. The molecule has 2 aromatic carbocycles. The summed E-state index contributed by atoms with van der Waals surface area (Å²) < 4.78 is 25.1. The van der Waals surface area contributed by atoms with Crippen molar-refractivity contribution in [2.24, 2.45) is 0 Å². The second kappa shape index (κ2) is 5.51. The van der Waals surface area contributed by atoms with Gasteiger partial charge in [0.1, 0.15) is 23.9 Å². The van der Waals surface area contributed by atoms with Gasteiger partial charge in [0.05, 0.1) is 11.8 Å². The molecule has 0 aliphatic carbocycles. The number of fused-ring (bicyclic) bond motifs is 1. The van der Waals surface area contributed by atoms with Crippen LogP contribution in [0.2, 0.25) is 0 Å². The molecule has 0 unspecified atom stereocenters. The molecule has 0 aliphatic rings. The van der Waals surface area contributed by atoms with Crippen molar-refractivity contribution in [1.29, 1.82) is 0 Å². The van der Waals surface area contributed by atoms with Crippen molar-refractivity contribution >= 4 is 21.4 Å². The van der Waals surface area contributed by atoms with Crippen LogP contribution in [-0.4, -0.2) is 7.11 Å². The zero-order valence-corrected chi connectivity index (χ0v) is 11.7. The van der Waals surface area contributed by atoms with Gasteiger partial charge in [0, 0.05) is 4.88 Å². The molecular formula is C16H13FO2S. The van der Waals surface area contributed by atoms with Gasteiger partial charge in [-0.05, 0) is 41.8 Å². The van der Waals surface area contributed by atoms with Crippen molar-refractivity contribution in [1.82, 2.24) is 0 Å². The van der Waals surface area contributed by atoms with Crippen molar-refractivity contribution in [3.63, 3.8) is 0 Å². The molecule has 0 radical (unpaired) electrons. The van der Waals surface area contributed by atoms with Gasteiger partial charge < -0.3 is 9.47 Å². The second-order valence-corrected chi connectivity index (χ2v) is 5.47. The number of halogens is 1. The normalized spacial score (nSPS) is 10.7. The van der Waals surface area contributed by atoms with Gasteiger partial charge in [-0.25, -0.2) is 4.39 Å². The first kappa shape index (κ1) is 12.9. The average molecular weight is 288 g/mol. The fourth-order valence-electron chi connectivity index (χ4n) is 1.98.